The van der Waals surface area contributed by atoms with Crippen molar-refractivity contribution in [2.24, 2.45) is 7.05 Å². The minimum Gasteiger partial charge on any atom is -0.350 e. The molecular formula is C12H19N3O. The number of hydrogen-bond donors (Lipinski definition) is 1. The molecule has 0 aliphatic carbocycles. The number of aromatic nitrogens is 2. The van der Waals surface area contributed by atoms with E-state index in [-0.39, 0.29) is 5.91 Å². The smallest absolute Gasteiger partial charge is 0.269 e. The summed E-state index contributed by atoms with van der Waals surface area (Å²) in [5.41, 5.74) is 1.57. The Morgan fingerprint density at radius 1 is 1.62 bits per heavy atom. The van der Waals surface area contributed by atoms with Crippen molar-refractivity contribution >= 4 is 5.91 Å². The van der Waals surface area contributed by atoms with Crippen LogP contribution in [0.4, 0.5) is 0 Å². The van der Waals surface area contributed by atoms with Crippen LogP contribution in [0.15, 0.2) is 18.2 Å². The first-order chi connectivity index (χ1) is 7.69. The number of hydrogen-bond acceptors (Lipinski definition) is 2. The summed E-state index contributed by atoms with van der Waals surface area (Å²) < 4.78 is 1.63. The van der Waals surface area contributed by atoms with Gasteiger partial charge in [0.05, 0.1) is 5.69 Å². The van der Waals surface area contributed by atoms with Gasteiger partial charge >= 0.3 is 0 Å². The highest BCUT2D eigenvalue weighted by atomic mass is 16.2. The van der Waals surface area contributed by atoms with Crippen molar-refractivity contribution in [3.8, 4) is 0 Å². The molecule has 0 bridgehead atoms. The molecular weight excluding hydrogens is 202 g/mol. The number of rotatable bonds is 5. The molecule has 1 amide bonds. The molecule has 0 atom stereocenters. The zero-order chi connectivity index (χ0) is 12.0. The van der Waals surface area contributed by atoms with Crippen LogP contribution in [0.1, 0.15) is 36.5 Å². The third kappa shape index (κ3) is 3.22. The van der Waals surface area contributed by atoms with Gasteiger partial charge in [0.25, 0.3) is 5.91 Å². The second-order valence-electron chi connectivity index (χ2n) is 3.61. The van der Waals surface area contributed by atoms with Gasteiger partial charge in [-0.1, -0.05) is 19.1 Å². The third-order valence-electron chi connectivity index (χ3n) is 2.36. The van der Waals surface area contributed by atoms with Crippen molar-refractivity contribution in [1.82, 2.24) is 15.1 Å². The van der Waals surface area contributed by atoms with Gasteiger partial charge in [-0.15, -0.1) is 0 Å². The minimum atomic E-state index is -0.0563. The van der Waals surface area contributed by atoms with Crippen LogP contribution in [0.2, 0.25) is 0 Å². The zero-order valence-corrected chi connectivity index (χ0v) is 10.2. The van der Waals surface area contributed by atoms with E-state index in [1.54, 1.807) is 11.7 Å². The van der Waals surface area contributed by atoms with Gasteiger partial charge in [-0.3, -0.25) is 9.48 Å². The van der Waals surface area contributed by atoms with Crippen molar-refractivity contribution in [3.05, 3.63) is 29.6 Å². The molecule has 0 saturated carbocycles. The van der Waals surface area contributed by atoms with Crippen LogP contribution in [0.25, 0.3) is 0 Å². The van der Waals surface area contributed by atoms with E-state index in [1.807, 2.05) is 32.1 Å². The second-order valence-corrected chi connectivity index (χ2v) is 3.61. The first-order valence-corrected chi connectivity index (χ1v) is 5.61. The number of amides is 1. The molecule has 1 heterocycles. The van der Waals surface area contributed by atoms with Crippen molar-refractivity contribution in [1.29, 1.82) is 0 Å². The maximum absolute atomic E-state index is 11.8. The molecule has 1 aromatic rings. The molecule has 0 aromatic carbocycles. The van der Waals surface area contributed by atoms with Crippen LogP contribution < -0.4 is 5.32 Å². The van der Waals surface area contributed by atoms with Crippen molar-refractivity contribution in [3.63, 3.8) is 0 Å². The summed E-state index contributed by atoms with van der Waals surface area (Å²) in [6.45, 7) is 4.66. The van der Waals surface area contributed by atoms with E-state index in [1.165, 1.54) is 0 Å². The molecule has 16 heavy (non-hydrogen) atoms. The van der Waals surface area contributed by atoms with Gasteiger partial charge in [0.2, 0.25) is 0 Å². The largest absolute Gasteiger partial charge is 0.350 e. The van der Waals surface area contributed by atoms with E-state index in [0.29, 0.717) is 12.2 Å². The molecule has 4 heteroatoms. The number of allylic oxidation sites excluding steroid dienone is 1. The number of aryl methyl sites for hydroxylation is 2. The van der Waals surface area contributed by atoms with Crippen LogP contribution in [-0.4, -0.2) is 22.2 Å². The lowest BCUT2D eigenvalue weighted by Crippen LogP contribution is -2.26. The van der Waals surface area contributed by atoms with E-state index < -0.39 is 0 Å². The van der Waals surface area contributed by atoms with Gasteiger partial charge < -0.3 is 5.32 Å². The number of carbonyl (C=O) groups excluding carboxylic acids is 1. The molecule has 88 valence electrons. The Labute approximate surface area is 96.3 Å². The van der Waals surface area contributed by atoms with Crippen LogP contribution in [0, 0.1) is 0 Å². The average Bonchev–Trinajstić information content (AvgIpc) is 2.66. The van der Waals surface area contributed by atoms with Crippen LogP contribution in [0.3, 0.4) is 0 Å². The fraction of sp³-hybridized carbons (Fsp3) is 0.500. The third-order valence-corrected chi connectivity index (χ3v) is 2.36. The number of nitrogens with one attached hydrogen (secondary N) is 1. The highest BCUT2D eigenvalue weighted by Crippen LogP contribution is 2.03. The molecule has 1 rings (SSSR count). The first-order valence-electron chi connectivity index (χ1n) is 5.61. The SMILES string of the molecule is C/C=C/CCNC(=O)c1cc(CC)nn1C. The predicted octanol–water partition coefficient (Wildman–Crippen LogP) is 1.68. The Balaban J connectivity index is 2.55. The summed E-state index contributed by atoms with van der Waals surface area (Å²) in [5.74, 6) is -0.0563. The molecule has 0 radical (unpaired) electrons. The van der Waals surface area contributed by atoms with Gasteiger partial charge in [-0.2, -0.15) is 5.10 Å². The first kappa shape index (κ1) is 12.5. The summed E-state index contributed by atoms with van der Waals surface area (Å²) in [4.78, 5) is 11.8. The lowest BCUT2D eigenvalue weighted by molar-refractivity contribution is 0.0945. The Kier molecular flexibility index (Phi) is 4.76. The van der Waals surface area contributed by atoms with Gasteiger partial charge in [-0.05, 0) is 25.8 Å². The van der Waals surface area contributed by atoms with Crippen LogP contribution in [-0.2, 0) is 13.5 Å². The highest BCUT2D eigenvalue weighted by Gasteiger charge is 2.11. The van der Waals surface area contributed by atoms with Crippen LogP contribution in [0.5, 0.6) is 0 Å². The fourth-order valence-corrected chi connectivity index (χ4v) is 1.44. The molecule has 0 spiro atoms. The molecule has 0 fully saturated rings. The Bertz CT molecular complexity index is 380. The predicted molar refractivity (Wildman–Crippen MR) is 64.4 cm³/mol. The molecule has 0 saturated heterocycles. The van der Waals surface area contributed by atoms with Gasteiger partial charge in [-0.25, -0.2) is 0 Å². The lowest BCUT2D eigenvalue weighted by atomic mass is 10.3. The van der Waals surface area contributed by atoms with E-state index in [9.17, 15) is 4.79 Å². The number of carbonyl (C=O) groups is 1. The summed E-state index contributed by atoms with van der Waals surface area (Å²) in [6, 6.07) is 1.84. The molecule has 0 aliphatic heterocycles. The van der Waals surface area contributed by atoms with E-state index in [4.69, 9.17) is 0 Å². The van der Waals surface area contributed by atoms with Crippen molar-refractivity contribution in [2.75, 3.05) is 6.54 Å². The Morgan fingerprint density at radius 3 is 2.94 bits per heavy atom. The molecule has 1 aromatic heterocycles. The second kappa shape index (κ2) is 6.10. The Hall–Kier alpha value is -1.58. The normalized spacial score (nSPS) is 10.9. The average molecular weight is 221 g/mol. The van der Waals surface area contributed by atoms with Gasteiger partial charge in [0.15, 0.2) is 0 Å². The summed E-state index contributed by atoms with van der Waals surface area (Å²) >= 11 is 0. The molecule has 4 nitrogen and oxygen atoms in total. The highest BCUT2D eigenvalue weighted by molar-refractivity contribution is 5.92. The monoisotopic (exact) mass is 221 g/mol. The molecule has 0 aliphatic rings. The van der Waals surface area contributed by atoms with Crippen molar-refractivity contribution < 1.29 is 4.79 Å². The van der Waals surface area contributed by atoms with Crippen LogP contribution >= 0.6 is 0 Å². The maximum Gasteiger partial charge on any atom is 0.269 e. The number of nitrogens with zero attached hydrogens (tertiary/aromatic N) is 2. The summed E-state index contributed by atoms with van der Waals surface area (Å²) in [6.07, 6.45) is 5.72. The van der Waals surface area contributed by atoms with Gasteiger partial charge in [0.1, 0.15) is 5.69 Å². The minimum absolute atomic E-state index is 0.0563. The van der Waals surface area contributed by atoms with E-state index >= 15 is 0 Å². The van der Waals surface area contributed by atoms with Crippen molar-refractivity contribution in [2.45, 2.75) is 26.7 Å². The topological polar surface area (TPSA) is 46.9 Å². The van der Waals surface area contributed by atoms with Gasteiger partial charge in [0, 0.05) is 13.6 Å². The Morgan fingerprint density at radius 2 is 2.38 bits per heavy atom. The summed E-state index contributed by atoms with van der Waals surface area (Å²) in [7, 11) is 1.79. The molecule has 1 N–H and O–H groups in total. The standard InChI is InChI=1S/C12H19N3O/c1-4-6-7-8-13-12(16)11-9-10(5-2)14-15(11)3/h4,6,9H,5,7-8H2,1-3H3,(H,13,16)/b6-4+. The maximum atomic E-state index is 11.8. The van der Waals surface area contributed by atoms with E-state index in [2.05, 4.69) is 10.4 Å². The van der Waals surface area contributed by atoms with E-state index in [0.717, 1.165) is 18.5 Å². The quantitative estimate of drug-likeness (QED) is 0.607. The fourth-order valence-electron chi connectivity index (χ4n) is 1.44. The lowest BCUT2D eigenvalue weighted by Gasteiger charge is -2.02. The molecule has 0 unspecified atom stereocenters. The summed E-state index contributed by atoms with van der Waals surface area (Å²) in [5, 5.41) is 7.10. The zero-order valence-electron chi connectivity index (χ0n) is 10.2.